The average Bonchev–Trinajstić information content (AvgIpc) is 2.96. The Labute approximate surface area is 253 Å². The minimum absolute atomic E-state index is 0.0502. The molecule has 3 rings (SSSR count). The summed E-state index contributed by atoms with van der Waals surface area (Å²) in [4.78, 5) is 28.8. The molecule has 41 heavy (non-hydrogen) atoms. The van der Waals surface area contributed by atoms with Crippen molar-refractivity contribution in [1.82, 2.24) is 10.2 Å². The van der Waals surface area contributed by atoms with Crippen LogP contribution in [0.2, 0.25) is 10.0 Å². The lowest BCUT2D eigenvalue weighted by molar-refractivity contribution is -0.140. The number of halogens is 2. The van der Waals surface area contributed by atoms with Crippen LogP contribution >= 0.6 is 23.2 Å². The fraction of sp³-hybridized carbons (Fsp3) is 0.355. The lowest BCUT2D eigenvalue weighted by Crippen LogP contribution is -2.52. The Balaban J connectivity index is 2.09. The molecule has 0 aromatic heterocycles. The smallest absolute Gasteiger partial charge is 0.264 e. The highest BCUT2D eigenvalue weighted by Crippen LogP contribution is 2.29. The van der Waals surface area contributed by atoms with Gasteiger partial charge in [0.05, 0.1) is 10.6 Å². The van der Waals surface area contributed by atoms with E-state index in [1.165, 1.54) is 17.0 Å². The summed E-state index contributed by atoms with van der Waals surface area (Å²) in [7, 11) is -4.14. The van der Waals surface area contributed by atoms with E-state index in [9.17, 15) is 18.0 Å². The Hall–Kier alpha value is -3.07. The van der Waals surface area contributed by atoms with E-state index in [0.717, 1.165) is 16.3 Å². The van der Waals surface area contributed by atoms with Crippen LogP contribution in [0.15, 0.2) is 77.7 Å². The molecule has 0 bridgehead atoms. The SMILES string of the molecule is CCCNC(=O)[C@@H](CC)N(Cc1c(Cl)cccc1Cl)C(=O)CN(c1ccc(C(C)C)cc1)S(=O)(=O)c1ccccc1. The van der Waals surface area contributed by atoms with Crippen molar-refractivity contribution in [3.05, 3.63) is 94.0 Å². The second kappa shape index (κ2) is 14.7. The van der Waals surface area contributed by atoms with Gasteiger partial charge in [-0.05, 0) is 60.7 Å². The number of benzene rings is 3. The zero-order valence-corrected chi connectivity index (χ0v) is 26.1. The molecule has 1 atom stereocenters. The molecule has 0 spiro atoms. The fourth-order valence-electron chi connectivity index (χ4n) is 4.41. The molecule has 220 valence electrons. The molecule has 0 radical (unpaired) electrons. The highest BCUT2D eigenvalue weighted by molar-refractivity contribution is 7.92. The van der Waals surface area contributed by atoms with Crippen LogP contribution in [-0.2, 0) is 26.2 Å². The number of amides is 2. The van der Waals surface area contributed by atoms with E-state index in [1.54, 1.807) is 55.5 Å². The van der Waals surface area contributed by atoms with E-state index < -0.39 is 28.5 Å². The van der Waals surface area contributed by atoms with Crippen LogP contribution in [0, 0.1) is 0 Å². The van der Waals surface area contributed by atoms with Crippen molar-refractivity contribution >= 4 is 50.7 Å². The molecule has 0 saturated carbocycles. The van der Waals surface area contributed by atoms with Gasteiger partial charge in [0.1, 0.15) is 12.6 Å². The molecule has 0 aliphatic rings. The maximum Gasteiger partial charge on any atom is 0.264 e. The standard InChI is InChI=1S/C31H37Cl2N3O4S/c1-5-19-34-31(38)29(6-2)35(20-26-27(32)13-10-14-28(26)33)30(37)21-36(24-17-15-23(16-18-24)22(3)4)41(39,40)25-11-8-7-9-12-25/h7-18,22,29H,5-6,19-21H2,1-4H3,(H,34,38)/t29-/m1/s1. The zero-order valence-electron chi connectivity index (χ0n) is 23.8. The van der Waals surface area contributed by atoms with E-state index in [0.29, 0.717) is 34.3 Å². The summed E-state index contributed by atoms with van der Waals surface area (Å²) in [5.41, 5.74) is 1.85. The third kappa shape index (κ3) is 8.03. The molecule has 0 unspecified atom stereocenters. The topological polar surface area (TPSA) is 86.8 Å². The Kier molecular flexibility index (Phi) is 11.6. The van der Waals surface area contributed by atoms with E-state index in [-0.39, 0.29) is 23.3 Å². The zero-order chi connectivity index (χ0) is 30.2. The molecule has 2 amide bonds. The Morgan fingerprint density at radius 2 is 1.49 bits per heavy atom. The highest BCUT2D eigenvalue weighted by Gasteiger charge is 2.34. The van der Waals surface area contributed by atoms with Crippen molar-refractivity contribution in [1.29, 1.82) is 0 Å². The molecule has 0 aliphatic carbocycles. The van der Waals surface area contributed by atoms with Crippen molar-refractivity contribution in [3.8, 4) is 0 Å². The van der Waals surface area contributed by atoms with Crippen LogP contribution in [0.5, 0.6) is 0 Å². The van der Waals surface area contributed by atoms with E-state index in [1.807, 2.05) is 32.9 Å². The van der Waals surface area contributed by atoms with Gasteiger partial charge in [-0.15, -0.1) is 0 Å². The van der Waals surface area contributed by atoms with Gasteiger partial charge in [-0.1, -0.05) is 87.3 Å². The molecule has 1 N–H and O–H groups in total. The van der Waals surface area contributed by atoms with Crippen LogP contribution in [0.3, 0.4) is 0 Å². The monoisotopic (exact) mass is 617 g/mol. The van der Waals surface area contributed by atoms with Gasteiger partial charge in [0.25, 0.3) is 10.0 Å². The molecular formula is C31H37Cl2N3O4S. The summed E-state index contributed by atoms with van der Waals surface area (Å²) >= 11 is 12.9. The fourth-order valence-corrected chi connectivity index (χ4v) is 6.37. The lowest BCUT2D eigenvalue weighted by atomic mass is 10.0. The third-order valence-electron chi connectivity index (χ3n) is 6.78. The molecule has 7 nitrogen and oxygen atoms in total. The van der Waals surface area contributed by atoms with Crippen molar-refractivity contribution in [3.63, 3.8) is 0 Å². The van der Waals surface area contributed by atoms with Gasteiger partial charge < -0.3 is 10.2 Å². The van der Waals surface area contributed by atoms with Crippen molar-refractivity contribution in [2.75, 3.05) is 17.4 Å². The number of nitrogens with zero attached hydrogens (tertiary/aromatic N) is 2. The molecule has 10 heteroatoms. The Morgan fingerprint density at radius 1 is 0.878 bits per heavy atom. The number of hydrogen-bond acceptors (Lipinski definition) is 4. The lowest BCUT2D eigenvalue weighted by Gasteiger charge is -2.33. The minimum atomic E-state index is -4.14. The average molecular weight is 619 g/mol. The van der Waals surface area contributed by atoms with Crippen LogP contribution in [0.1, 0.15) is 57.6 Å². The number of carbonyl (C=O) groups is 2. The molecule has 0 fully saturated rings. The van der Waals surface area contributed by atoms with Gasteiger partial charge in [-0.3, -0.25) is 13.9 Å². The number of hydrogen-bond donors (Lipinski definition) is 1. The van der Waals surface area contributed by atoms with E-state index in [2.05, 4.69) is 5.32 Å². The predicted octanol–water partition coefficient (Wildman–Crippen LogP) is 6.65. The van der Waals surface area contributed by atoms with Crippen LogP contribution in [0.25, 0.3) is 0 Å². The summed E-state index contributed by atoms with van der Waals surface area (Å²) in [5, 5.41) is 3.55. The van der Waals surface area contributed by atoms with Crippen molar-refractivity contribution in [2.45, 2.75) is 63.9 Å². The first-order chi connectivity index (χ1) is 19.5. The van der Waals surface area contributed by atoms with E-state index in [4.69, 9.17) is 23.2 Å². The number of rotatable bonds is 13. The summed E-state index contributed by atoms with van der Waals surface area (Å²) in [6.07, 6.45) is 1.03. The largest absolute Gasteiger partial charge is 0.354 e. The maximum atomic E-state index is 14.1. The second-order valence-electron chi connectivity index (χ2n) is 10.0. The second-order valence-corrected chi connectivity index (χ2v) is 12.7. The first kappa shape index (κ1) is 32.4. The van der Waals surface area contributed by atoms with Gasteiger partial charge in [-0.2, -0.15) is 0 Å². The van der Waals surface area contributed by atoms with Gasteiger partial charge in [0.15, 0.2) is 0 Å². The molecule has 0 aliphatic heterocycles. The summed E-state index contributed by atoms with van der Waals surface area (Å²) in [6.45, 7) is 7.67. The normalized spacial score (nSPS) is 12.2. The minimum Gasteiger partial charge on any atom is -0.354 e. The molecule has 3 aromatic rings. The molecule has 0 heterocycles. The summed E-state index contributed by atoms with van der Waals surface area (Å²) < 4.78 is 28.9. The Bertz CT molecular complexity index is 1410. The van der Waals surface area contributed by atoms with Gasteiger partial charge >= 0.3 is 0 Å². The van der Waals surface area contributed by atoms with Crippen LogP contribution in [0.4, 0.5) is 5.69 Å². The maximum absolute atomic E-state index is 14.1. The Morgan fingerprint density at radius 3 is 2.02 bits per heavy atom. The van der Waals surface area contributed by atoms with Gasteiger partial charge in [-0.25, -0.2) is 8.42 Å². The van der Waals surface area contributed by atoms with E-state index >= 15 is 0 Å². The first-order valence-electron chi connectivity index (χ1n) is 13.7. The van der Waals surface area contributed by atoms with Crippen molar-refractivity contribution < 1.29 is 18.0 Å². The number of nitrogens with one attached hydrogen (secondary N) is 1. The third-order valence-corrected chi connectivity index (χ3v) is 9.28. The predicted molar refractivity (Wildman–Crippen MR) is 166 cm³/mol. The first-order valence-corrected chi connectivity index (χ1v) is 15.9. The number of sulfonamides is 1. The highest BCUT2D eigenvalue weighted by atomic mass is 35.5. The molecule has 3 aromatic carbocycles. The van der Waals surface area contributed by atoms with Crippen LogP contribution in [-0.4, -0.2) is 44.3 Å². The number of anilines is 1. The quantitative estimate of drug-likeness (QED) is 0.233. The molecular weight excluding hydrogens is 581 g/mol. The van der Waals surface area contributed by atoms with Crippen molar-refractivity contribution in [2.24, 2.45) is 0 Å². The summed E-state index contributed by atoms with van der Waals surface area (Å²) in [5.74, 6) is -0.649. The summed E-state index contributed by atoms with van der Waals surface area (Å²) in [6, 6.07) is 19.2. The van der Waals surface area contributed by atoms with Crippen LogP contribution < -0.4 is 9.62 Å². The molecule has 0 saturated heterocycles. The number of carbonyl (C=O) groups excluding carboxylic acids is 2. The van der Waals surface area contributed by atoms with Gasteiger partial charge in [0.2, 0.25) is 11.8 Å². The van der Waals surface area contributed by atoms with Gasteiger partial charge in [0, 0.05) is 28.7 Å².